The molecule has 108 valence electrons. The minimum Gasteiger partial charge on any atom is -0.393 e. The summed E-state index contributed by atoms with van der Waals surface area (Å²) in [5.41, 5.74) is 2.15. The maximum Gasteiger partial charge on any atom is 0.241 e. The Hall–Kier alpha value is -1.39. The smallest absolute Gasteiger partial charge is 0.241 e. The first-order chi connectivity index (χ1) is 9.72. The Morgan fingerprint density at radius 3 is 2.90 bits per heavy atom. The Morgan fingerprint density at radius 1 is 1.25 bits per heavy atom. The molecule has 0 saturated heterocycles. The van der Waals surface area contributed by atoms with E-state index in [0.29, 0.717) is 5.92 Å². The fourth-order valence-corrected chi connectivity index (χ4v) is 3.25. The van der Waals surface area contributed by atoms with E-state index < -0.39 is 0 Å². The number of carbonyl (C=O) groups excluding carboxylic acids is 1. The zero-order chi connectivity index (χ0) is 13.9. The molecule has 1 heterocycles. The van der Waals surface area contributed by atoms with Crippen molar-refractivity contribution in [2.45, 2.75) is 44.2 Å². The molecule has 0 spiro atoms. The van der Waals surface area contributed by atoms with Crippen molar-refractivity contribution in [2.75, 3.05) is 11.9 Å². The third kappa shape index (κ3) is 3.02. The highest BCUT2D eigenvalue weighted by Crippen LogP contribution is 2.25. The van der Waals surface area contributed by atoms with E-state index in [1.54, 1.807) is 0 Å². The molecule has 1 aliphatic carbocycles. The van der Waals surface area contributed by atoms with Gasteiger partial charge in [0.15, 0.2) is 0 Å². The van der Waals surface area contributed by atoms with E-state index in [9.17, 15) is 9.90 Å². The normalized spacial score (nSPS) is 29.6. The third-order valence-corrected chi connectivity index (χ3v) is 4.46. The van der Waals surface area contributed by atoms with Crippen molar-refractivity contribution in [1.29, 1.82) is 0 Å². The molecule has 20 heavy (non-hydrogen) atoms. The minimum atomic E-state index is -0.144. The first-order valence-corrected chi connectivity index (χ1v) is 7.52. The number of aliphatic hydroxyl groups excluding tert-OH is 1. The average Bonchev–Trinajstić information content (AvgIpc) is 2.78. The summed E-state index contributed by atoms with van der Waals surface area (Å²) in [6, 6.07) is 7.87. The lowest BCUT2D eigenvalue weighted by Gasteiger charge is -2.18. The van der Waals surface area contributed by atoms with Gasteiger partial charge in [0.2, 0.25) is 5.91 Å². The second kappa shape index (κ2) is 5.94. The van der Waals surface area contributed by atoms with E-state index >= 15 is 0 Å². The summed E-state index contributed by atoms with van der Waals surface area (Å²) in [7, 11) is 0. The maximum absolute atomic E-state index is 12.2. The number of carbonyl (C=O) groups is 1. The van der Waals surface area contributed by atoms with Gasteiger partial charge in [0, 0.05) is 5.69 Å². The third-order valence-electron chi connectivity index (χ3n) is 4.46. The first kappa shape index (κ1) is 13.6. The molecule has 0 aromatic heterocycles. The van der Waals surface area contributed by atoms with Gasteiger partial charge in [-0.15, -0.1) is 0 Å². The second-order valence-electron chi connectivity index (χ2n) is 5.98. The average molecular weight is 274 g/mol. The maximum atomic E-state index is 12.2. The van der Waals surface area contributed by atoms with E-state index in [1.807, 2.05) is 18.2 Å². The number of rotatable bonds is 3. The van der Waals surface area contributed by atoms with Crippen LogP contribution in [0.5, 0.6) is 0 Å². The van der Waals surface area contributed by atoms with Crippen molar-refractivity contribution in [2.24, 2.45) is 5.92 Å². The van der Waals surface area contributed by atoms with Crippen LogP contribution in [0.2, 0.25) is 0 Å². The van der Waals surface area contributed by atoms with Gasteiger partial charge in [-0.05, 0) is 56.2 Å². The minimum absolute atomic E-state index is 0.0634. The molecule has 3 unspecified atom stereocenters. The SMILES string of the molecule is O=C1Nc2ccccc2CCC1NCC1CCC(O)C1. The number of aliphatic hydroxyl groups is 1. The molecular weight excluding hydrogens is 252 g/mol. The fraction of sp³-hybridized carbons (Fsp3) is 0.562. The zero-order valence-electron chi connectivity index (χ0n) is 11.6. The summed E-state index contributed by atoms with van der Waals surface area (Å²) in [5, 5.41) is 15.9. The van der Waals surface area contributed by atoms with Gasteiger partial charge in [0.05, 0.1) is 12.1 Å². The van der Waals surface area contributed by atoms with Crippen molar-refractivity contribution in [3.8, 4) is 0 Å². The Labute approximate surface area is 119 Å². The van der Waals surface area contributed by atoms with Crippen molar-refractivity contribution >= 4 is 11.6 Å². The van der Waals surface area contributed by atoms with Crippen LogP contribution < -0.4 is 10.6 Å². The molecule has 1 saturated carbocycles. The highest BCUT2D eigenvalue weighted by molar-refractivity contribution is 5.96. The molecule has 1 aromatic carbocycles. The van der Waals surface area contributed by atoms with Crippen molar-refractivity contribution in [1.82, 2.24) is 5.32 Å². The summed E-state index contributed by atoms with van der Waals surface area (Å²) in [5.74, 6) is 0.567. The summed E-state index contributed by atoms with van der Waals surface area (Å²) >= 11 is 0. The van der Waals surface area contributed by atoms with E-state index in [4.69, 9.17) is 0 Å². The van der Waals surface area contributed by atoms with Crippen LogP contribution in [-0.2, 0) is 11.2 Å². The Bertz CT molecular complexity index is 489. The summed E-state index contributed by atoms with van der Waals surface area (Å²) in [6.45, 7) is 0.825. The quantitative estimate of drug-likeness (QED) is 0.786. The molecule has 1 fully saturated rings. The molecule has 1 amide bonds. The van der Waals surface area contributed by atoms with Crippen LogP contribution in [-0.4, -0.2) is 29.7 Å². The highest BCUT2D eigenvalue weighted by atomic mass is 16.3. The molecule has 0 radical (unpaired) electrons. The highest BCUT2D eigenvalue weighted by Gasteiger charge is 2.26. The summed E-state index contributed by atoms with van der Waals surface area (Å²) in [4.78, 5) is 12.2. The van der Waals surface area contributed by atoms with E-state index in [-0.39, 0.29) is 18.1 Å². The number of fused-ring (bicyclic) bond motifs is 1. The van der Waals surface area contributed by atoms with E-state index in [1.165, 1.54) is 5.56 Å². The molecular formula is C16H22N2O2. The number of aryl methyl sites for hydroxylation is 1. The number of hydrogen-bond acceptors (Lipinski definition) is 3. The number of benzene rings is 1. The van der Waals surface area contributed by atoms with Crippen molar-refractivity contribution in [3.05, 3.63) is 29.8 Å². The molecule has 3 N–H and O–H groups in total. The van der Waals surface area contributed by atoms with Crippen molar-refractivity contribution in [3.63, 3.8) is 0 Å². The number of nitrogens with one attached hydrogen (secondary N) is 2. The van der Waals surface area contributed by atoms with Crippen LogP contribution >= 0.6 is 0 Å². The summed E-state index contributed by atoms with van der Waals surface area (Å²) < 4.78 is 0. The molecule has 4 nitrogen and oxygen atoms in total. The monoisotopic (exact) mass is 274 g/mol. The van der Waals surface area contributed by atoms with Crippen LogP contribution in [0.15, 0.2) is 24.3 Å². The topological polar surface area (TPSA) is 61.4 Å². The molecule has 1 aromatic rings. The van der Waals surface area contributed by atoms with Crippen LogP contribution in [0, 0.1) is 5.92 Å². The van der Waals surface area contributed by atoms with Crippen molar-refractivity contribution < 1.29 is 9.90 Å². The fourth-order valence-electron chi connectivity index (χ4n) is 3.25. The van der Waals surface area contributed by atoms with Gasteiger partial charge in [-0.1, -0.05) is 18.2 Å². The Kier molecular flexibility index (Phi) is 4.03. The van der Waals surface area contributed by atoms with Gasteiger partial charge >= 0.3 is 0 Å². The lowest BCUT2D eigenvalue weighted by Crippen LogP contribution is -2.41. The van der Waals surface area contributed by atoms with Crippen LogP contribution in [0.4, 0.5) is 5.69 Å². The van der Waals surface area contributed by atoms with Gasteiger partial charge in [-0.25, -0.2) is 0 Å². The van der Waals surface area contributed by atoms with Gasteiger partial charge in [0.25, 0.3) is 0 Å². The summed E-state index contributed by atoms with van der Waals surface area (Å²) in [6.07, 6.45) is 4.42. The molecule has 1 aliphatic heterocycles. The van der Waals surface area contributed by atoms with Crippen LogP contribution in [0.25, 0.3) is 0 Å². The lowest BCUT2D eigenvalue weighted by molar-refractivity contribution is -0.118. The molecule has 3 atom stereocenters. The van der Waals surface area contributed by atoms with Gasteiger partial charge in [-0.3, -0.25) is 4.79 Å². The zero-order valence-corrected chi connectivity index (χ0v) is 11.6. The Morgan fingerprint density at radius 2 is 2.10 bits per heavy atom. The Balaban J connectivity index is 1.57. The van der Waals surface area contributed by atoms with Gasteiger partial charge in [0.1, 0.15) is 0 Å². The predicted octanol–water partition coefficient (Wildman–Crippen LogP) is 1.69. The van der Waals surface area contributed by atoms with Gasteiger partial charge < -0.3 is 15.7 Å². The number of hydrogen-bond donors (Lipinski definition) is 3. The first-order valence-electron chi connectivity index (χ1n) is 7.52. The number of amides is 1. The van der Waals surface area contributed by atoms with Crippen LogP contribution in [0.3, 0.4) is 0 Å². The molecule has 0 bridgehead atoms. The lowest BCUT2D eigenvalue weighted by atomic mass is 10.0. The van der Waals surface area contributed by atoms with Crippen LogP contribution in [0.1, 0.15) is 31.2 Å². The molecule has 4 heteroatoms. The predicted molar refractivity (Wildman–Crippen MR) is 78.5 cm³/mol. The largest absolute Gasteiger partial charge is 0.393 e. The van der Waals surface area contributed by atoms with E-state index in [0.717, 1.165) is 44.3 Å². The second-order valence-corrected chi connectivity index (χ2v) is 5.98. The molecule has 2 aliphatic rings. The van der Waals surface area contributed by atoms with Gasteiger partial charge in [-0.2, -0.15) is 0 Å². The van der Waals surface area contributed by atoms with E-state index in [2.05, 4.69) is 16.7 Å². The number of anilines is 1. The molecule has 3 rings (SSSR count). The standard InChI is InChI=1S/C16H22N2O2/c19-13-7-5-11(9-13)10-17-15-8-6-12-3-1-2-4-14(12)18-16(15)20/h1-4,11,13,15,17,19H,5-10H2,(H,18,20). The number of para-hydroxylation sites is 1.